The Morgan fingerprint density at radius 1 is 1.05 bits per heavy atom. The lowest BCUT2D eigenvalue weighted by Gasteiger charge is -2.18. The summed E-state index contributed by atoms with van der Waals surface area (Å²) in [5.74, 6) is -0.0736. The Balaban J connectivity index is 2.03. The lowest BCUT2D eigenvalue weighted by atomic mass is 10.1. The van der Waals surface area contributed by atoms with Gasteiger partial charge < -0.3 is 4.74 Å². The predicted molar refractivity (Wildman–Crippen MR) is 93.7 cm³/mol. The fourth-order valence-electron chi connectivity index (χ4n) is 2.29. The van der Waals surface area contributed by atoms with Gasteiger partial charge in [0, 0.05) is 6.42 Å². The average Bonchev–Trinajstić information content (AvgIpc) is 2.52. The third-order valence-corrected chi connectivity index (χ3v) is 3.58. The fraction of sp³-hybridized carbons (Fsp3) is 0.550. The minimum absolute atomic E-state index is 0.0284. The van der Waals surface area contributed by atoms with E-state index in [2.05, 4.69) is 37.3 Å². The van der Waals surface area contributed by atoms with Crippen LogP contribution in [0.2, 0.25) is 0 Å². The molecule has 1 atom stereocenters. The van der Waals surface area contributed by atoms with Crippen molar-refractivity contribution < 1.29 is 9.53 Å². The maximum Gasteiger partial charge on any atom is 0.306 e. The minimum Gasteiger partial charge on any atom is -0.458 e. The molecule has 0 aromatic rings. The Kier molecular flexibility index (Phi) is 11.0. The van der Waals surface area contributed by atoms with Crippen LogP contribution >= 0.6 is 0 Å². The van der Waals surface area contributed by atoms with Gasteiger partial charge in [-0.05, 0) is 44.6 Å². The van der Waals surface area contributed by atoms with Gasteiger partial charge >= 0.3 is 5.97 Å². The molecule has 1 rings (SSSR count). The van der Waals surface area contributed by atoms with Crippen molar-refractivity contribution in [3.05, 3.63) is 48.6 Å². The van der Waals surface area contributed by atoms with E-state index in [-0.39, 0.29) is 12.1 Å². The van der Waals surface area contributed by atoms with E-state index in [1.54, 1.807) is 0 Å². The van der Waals surface area contributed by atoms with Crippen molar-refractivity contribution in [3.63, 3.8) is 0 Å². The van der Waals surface area contributed by atoms with Crippen LogP contribution in [0.4, 0.5) is 0 Å². The number of ether oxygens (including phenoxy) is 1. The molecule has 0 amide bonds. The van der Waals surface area contributed by atoms with E-state index in [1.165, 1.54) is 25.7 Å². The van der Waals surface area contributed by atoms with Crippen LogP contribution in [0.3, 0.4) is 0 Å². The number of rotatable bonds is 10. The summed E-state index contributed by atoms with van der Waals surface area (Å²) in [5.41, 5.74) is 0. The Morgan fingerprint density at radius 3 is 2.59 bits per heavy atom. The summed E-state index contributed by atoms with van der Waals surface area (Å²) in [4.78, 5) is 11.1. The molecule has 1 aliphatic rings. The van der Waals surface area contributed by atoms with Crippen molar-refractivity contribution in [2.24, 2.45) is 0 Å². The first-order valence-corrected chi connectivity index (χ1v) is 8.65. The molecule has 122 valence electrons. The third-order valence-electron chi connectivity index (χ3n) is 3.58. The second-order valence-corrected chi connectivity index (χ2v) is 5.64. The molecule has 0 aromatic heterocycles. The van der Waals surface area contributed by atoms with Gasteiger partial charge in [0.25, 0.3) is 0 Å². The molecule has 0 radical (unpaired) electrons. The molecule has 1 fully saturated rings. The van der Waals surface area contributed by atoms with Crippen LogP contribution in [-0.4, -0.2) is 12.1 Å². The summed E-state index contributed by atoms with van der Waals surface area (Å²) in [5, 5.41) is 0. The molecule has 0 spiro atoms. The smallest absolute Gasteiger partial charge is 0.306 e. The summed E-state index contributed by atoms with van der Waals surface area (Å²) in [6.45, 7) is 2.23. The molecule has 2 heteroatoms. The zero-order valence-electron chi connectivity index (χ0n) is 13.9. The summed E-state index contributed by atoms with van der Waals surface area (Å²) in [6.07, 6.45) is 26.5. The number of carbonyl (C=O) groups is 1. The Labute approximate surface area is 135 Å². The lowest BCUT2D eigenvalue weighted by Crippen LogP contribution is -2.21. The first-order chi connectivity index (χ1) is 10.8. The molecular formula is C20H30O2. The van der Waals surface area contributed by atoms with Gasteiger partial charge in [0.1, 0.15) is 6.10 Å². The molecule has 0 aromatic carbocycles. The van der Waals surface area contributed by atoms with Gasteiger partial charge in [-0.1, -0.05) is 62.3 Å². The summed E-state index contributed by atoms with van der Waals surface area (Å²) < 4.78 is 5.21. The van der Waals surface area contributed by atoms with Gasteiger partial charge in [0.15, 0.2) is 0 Å². The number of carbonyl (C=O) groups excluding carboxylic acids is 1. The second-order valence-electron chi connectivity index (χ2n) is 5.64. The maximum absolute atomic E-state index is 11.1. The quantitative estimate of drug-likeness (QED) is 0.225. The van der Waals surface area contributed by atoms with Crippen LogP contribution < -0.4 is 0 Å². The van der Waals surface area contributed by atoms with Crippen LogP contribution in [0.5, 0.6) is 0 Å². The molecule has 1 aliphatic heterocycles. The molecule has 2 nitrogen and oxygen atoms in total. The topological polar surface area (TPSA) is 26.3 Å². The Morgan fingerprint density at radius 2 is 1.82 bits per heavy atom. The molecule has 1 saturated heterocycles. The van der Waals surface area contributed by atoms with E-state index in [0.717, 1.165) is 25.7 Å². The number of esters is 1. The monoisotopic (exact) mass is 302 g/mol. The summed E-state index contributed by atoms with van der Waals surface area (Å²) in [6, 6.07) is 0. The predicted octanol–water partition coefficient (Wildman–Crippen LogP) is 5.67. The van der Waals surface area contributed by atoms with E-state index in [1.807, 2.05) is 18.2 Å². The van der Waals surface area contributed by atoms with Gasteiger partial charge in [-0.25, -0.2) is 0 Å². The molecular weight excluding hydrogens is 272 g/mol. The van der Waals surface area contributed by atoms with Gasteiger partial charge in [0.05, 0.1) is 0 Å². The fourth-order valence-corrected chi connectivity index (χ4v) is 2.29. The third kappa shape index (κ3) is 10.2. The van der Waals surface area contributed by atoms with Crippen molar-refractivity contribution in [3.8, 4) is 0 Å². The van der Waals surface area contributed by atoms with Crippen molar-refractivity contribution >= 4 is 5.97 Å². The molecule has 0 saturated carbocycles. The SMILES string of the molecule is CCCCCC=CCC=CCC=CC=C[C@@H]1CCCC(=O)O1. The summed E-state index contributed by atoms with van der Waals surface area (Å²) in [7, 11) is 0. The zero-order valence-corrected chi connectivity index (χ0v) is 13.9. The van der Waals surface area contributed by atoms with E-state index >= 15 is 0 Å². The van der Waals surface area contributed by atoms with Crippen LogP contribution in [0, 0.1) is 0 Å². The van der Waals surface area contributed by atoms with Crippen LogP contribution in [0.15, 0.2) is 48.6 Å². The molecule has 0 aliphatic carbocycles. The first-order valence-electron chi connectivity index (χ1n) is 8.65. The molecule has 0 bridgehead atoms. The van der Waals surface area contributed by atoms with Crippen LogP contribution in [0.1, 0.15) is 64.7 Å². The highest BCUT2D eigenvalue weighted by atomic mass is 16.5. The molecule has 1 heterocycles. The summed E-state index contributed by atoms with van der Waals surface area (Å²) >= 11 is 0. The van der Waals surface area contributed by atoms with Crippen molar-refractivity contribution in [1.29, 1.82) is 0 Å². The normalized spacial score (nSPS) is 19.9. The van der Waals surface area contributed by atoms with Crippen LogP contribution in [0.25, 0.3) is 0 Å². The van der Waals surface area contributed by atoms with Gasteiger partial charge in [-0.2, -0.15) is 0 Å². The lowest BCUT2D eigenvalue weighted by molar-refractivity contribution is -0.150. The second kappa shape index (κ2) is 13.1. The number of unbranched alkanes of at least 4 members (excludes halogenated alkanes) is 3. The largest absolute Gasteiger partial charge is 0.458 e. The maximum atomic E-state index is 11.1. The van der Waals surface area contributed by atoms with E-state index in [0.29, 0.717) is 6.42 Å². The van der Waals surface area contributed by atoms with Crippen molar-refractivity contribution in [2.75, 3.05) is 0 Å². The van der Waals surface area contributed by atoms with Crippen LogP contribution in [-0.2, 0) is 9.53 Å². The van der Waals surface area contributed by atoms with E-state index < -0.39 is 0 Å². The highest BCUT2D eigenvalue weighted by Gasteiger charge is 2.16. The highest BCUT2D eigenvalue weighted by molar-refractivity contribution is 5.70. The number of hydrogen-bond acceptors (Lipinski definition) is 2. The van der Waals surface area contributed by atoms with Gasteiger partial charge in [-0.15, -0.1) is 0 Å². The van der Waals surface area contributed by atoms with Crippen molar-refractivity contribution in [1.82, 2.24) is 0 Å². The van der Waals surface area contributed by atoms with E-state index in [4.69, 9.17) is 4.74 Å². The minimum atomic E-state index is -0.0736. The Bertz CT molecular complexity index is 402. The standard InChI is InChI=1S/C20H30O2/c1-2-3-4-5-6-7-8-9-10-11-12-13-14-16-19-17-15-18-20(21)22-19/h6-7,9-10,12-14,16,19H,2-5,8,11,15,17-18H2,1H3/t19-/m1/s1. The number of cyclic esters (lactones) is 1. The Hall–Kier alpha value is -1.57. The number of allylic oxidation sites excluding steroid dienone is 7. The van der Waals surface area contributed by atoms with Gasteiger partial charge in [0.2, 0.25) is 0 Å². The van der Waals surface area contributed by atoms with E-state index in [9.17, 15) is 4.79 Å². The van der Waals surface area contributed by atoms with Gasteiger partial charge in [-0.3, -0.25) is 4.79 Å². The van der Waals surface area contributed by atoms with Crippen molar-refractivity contribution in [2.45, 2.75) is 70.8 Å². The average molecular weight is 302 g/mol. The molecule has 22 heavy (non-hydrogen) atoms. The first kappa shape index (κ1) is 18.5. The molecule has 0 unspecified atom stereocenters. The highest BCUT2D eigenvalue weighted by Crippen LogP contribution is 2.14. The molecule has 0 N–H and O–H groups in total. The number of hydrogen-bond donors (Lipinski definition) is 0. The zero-order chi connectivity index (χ0) is 15.9.